The molecule has 0 radical (unpaired) electrons. The molecule has 13 heavy (non-hydrogen) atoms. The average Bonchev–Trinajstić information content (AvgIpc) is 2.01. The van der Waals surface area contributed by atoms with Gasteiger partial charge in [-0.05, 0) is 13.3 Å². The van der Waals surface area contributed by atoms with E-state index in [2.05, 4.69) is 4.74 Å². The molecule has 0 bridgehead atoms. The van der Waals surface area contributed by atoms with Crippen LogP contribution in [0.25, 0.3) is 0 Å². The van der Waals surface area contributed by atoms with Crippen LogP contribution < -0.4 is 0 Å². The van der Waals surface area contributed by atoms with Crippen LogP contribution >= 0.6 is 0 Å². The first-order valence-electron chi connectivity index (χ1n) is 4.22. The molecule has 0 saturated carbocycles. The molecule has 0 aromatic heterocycles. The molecule has 0 aliphatic carbocycles. The summed E-state index contributed by atoms with van der Waals surface area (Å²) in [5, 5.41) is 9.27. The van der Waals surface area contributed by atoms with Crippen molar-refractivity contribution in [2.24, 2.45) is 5.92 Å². The van der Waals surface area contributed by atoms with Crippen LogP contribution in [0.1, 0.15) is 27.2 Å². The minimum absolute atomic E-state index is 0.166. The Labute approximate surface area is 75.7 Å². The zero-order valence-electron chi connectivity index (χ0n) is 7.98. The number of ether oxygens (including phenoxy) is 1. The van der Waals surface area contributed by atoms with E-state index in [-0.39, 0.29) is 13.0 Å². The van der Waals surface area contributed by atoms with Crippen molar-refractivity contribution in [1.29, 1.82) is 0 Å². The quantitative estimate of drug-likeness (QED) is 0.705. The Balaban J connectivity index is 4.72. The number of alkyl halides is 3. The molecule has 2 unspecified atom stereocenters. The lowest BCUT2D eigenvalue weighted by atomic mass is 9.97. The third-order valence-electron chi connectivity index (χ3n) is 2.05. The molecular weight excluding hydrogens is 185 g/mol. The molecule has 0 fully saturated rings. The van der Waals surface area contributed by atoms with Gasteiger partial charge >= 0.3 is 6.18 Å². The summed E-state index contributed by atoms with van der Waals surface area (Å²) in [6.07, 6.45) is -4.53. The van der Waals surface area contributed by atoms with E-state index in [1.807, 2.05) is 0 Å². The Morgan fingerprint density at radius 1 is 1.31 bits per heavy atom. The first-order chi connectivity index (χ1) is 5.79. The van der Waals surface area contributed by atoms with Crippen LogP contribution in [0.3, 0.4) is 0 Å². The number of hydrogen-bond acceptors (Lipinski definition) is 2. The van der Waals surface area contributed by atoms with Crippen LogP contribution in [-0.4, -0.2) is 23.7 Å². The van der Waals surface area contributed by atoms with Gasteiger partial charge < -0.3 is 9.84 Å². The van der Waals surface area contributed by atoms with E-state index in [1.165, 1.54) is 13.8 Å². The summed E-state index contributed by atoms with van der Waals surface area (Å²) in [6.45, 7) is 4.13. The van der Waals surface area contributed by atoms with Crippen LogP contribution in [0.4, 0.5) is 13.2 Å². The van der Waals surface area contributed by atoms with Crippen molar-refractivity contribution >= 4 is 0 Å². The average molecular weight is 200 g/mol. The van der Waals surface area contributed by atoms with Gasteiger partial charge in [0.1, 0.15) is 0 Å². The summed E-state index contributed by atoms with van der Waals surface area (Å²) in [7, 11) is 0. The number of aliphatic hydroxyl groups is 1. The lowest BCUT2D eigenvalue weighted by molar-refractivity contribution is -0.383. The SMILES string of the molecule is CCOC(O)(C(C)CC)C(F)(F)F. The second-order valence-corrected chi connectivity index (χ2v) is 2.94. The van der Waals surface area contributed by atoms with Gasteiger partial charge in [-0.2, -0.15) is 13.2 Å². The van der Waals surface area contributed by atoms with Gasteiger partial charge in [0.25, 0.3) is 5.79 Å². The lowest BCUT2D eigenvalue weighted by Crippen LogP contribution is -2.52. The Morgan fingerprint density at radius 2 is 1.77 bits per heavy atom. The third-order valence-corrected chi connectivity index (χ3v) is 2.05. The normalized spacial score (nSPS) is 19.6. The van der Waals surface area contributed by atoms with Gasteiger partial charge in [-0.15, -0.1) is 0 Å². The molecule has 1 N–H and O–H groups in total. The predicted molar refractivity (Wildman–Crippen MR) is 42.1 cm³/mol. The summed E-state index contributed by atoms with van der Waals surface area (Å²) >= 11 is 0. The number of halogens is 3. The molecule has 0 aromatic carbocycles. The molecule has 0 saturated heterocycles. The highest BCUT2D eigenvalue weighted by atomic mass is 19.4. The van der Waals surface area contributed by atoms with Crippen molar-refractivity contribution in [1.82, 2.24) is 0 Å². The monoisotopic (exact) mass is 200 g/mol. The predicted octanol–water partition coefficient (Wildman–Crippen LogP) is 2.32. The summed E-state index contributed by atoms with van der Waals surface area (Å²) in [4.78, 5) is 0. The summed E-state index contributed by atoms with van der Waals surface area (Å²) < 4.78 is 41.4. The van der Waals surface area contributed by atoms with Crippen molar-refractivity contribution in [3.8, 4) is 0 Å². The fourth-order valence-corrected chi connectivity index (χ4v) is 1.00. The van der Waals surface area contributed by atoms with Crippen LogP contribution in [0.5, 0.6) is 0 Å². The van der Waals surface area contributed by atoms with Gasteiger partial charge in [-0.3, -0.25) is 0 Å². The fraction of sp³-hybridized carbons (Fsp3) is 1.00. The van der Waals surface area contributed by atoms with E-state index in [4.69, 9.17) is 0 Å². The Morgan fingerprint density at radius 3 is 2.00 bits per heavy atom. The highest BCUT2D eigenvalue weighted by Gasteiger charge is 2.57. The van der Waals surface area contributed by atoms with E-state index in [1.54, 1.807) is 6.92 Å². The Hall–Kier alpha value is -0.290. The molecule has 0 amide bonds. The molecule has 0 heterocycles. The van der Waals surface area contributed by atoms with E-state index in [0.29, 0.717) is 0 Å². The summed E-state index contributed by atoms with van der Waals surface area (Å²) in [5.74, 6) is -3.97. The van der Waals surface area contributed by atoms with Crippen LogP contribution in [0.2, 0.25) is 0 Å². The van der Waals surface area contributed by atoms with Crippen molar-refractivity contribution in [2.75, 3.05) is 6.61 Å². The van der Waals surface area contributed by atoms with Crippen LogP contribution in [-0.2, 0) is 4.74 Å². The maximum absolute atomic E-state index is 12.4. The topological polar surface area (TPSA) is 29.5 Å². The van der Waals surface area contributed by atoms with Crippen molar-refractivity contribution < 1.29 is 23.0 Å². The largest absolute Gasteiger partial charge is 0.443 e. The van der Waals surface area contributed by atoms with E-state index in [0.717, 1.165) is 0 Å². The van der Waals surface area contributed by atoms with Crippen molar-refractivity contribution in [3.05, 3.63) is 0 Å². The summed E-state index contributed by atoms with van der Waals surface area (Å²) in [6, 6.07) is 0. The lowest BCUT2D eigenvalue weighted by Gasteiger charge is -2.34. The smallest absolute Gasteiger partial charge is 0.358 e. The Kier molecular flexibility index (Phi) is 4.19. The van der Waals surface area contributed by atoms with Crippen LogP contribution in [0.15, 0.2) is 0 Å². The molecule has 0 aliphatic heterocycles. The molecule has 0 aliphatic rings. The third kappa shape index (κ3) is 2.57. The molecule has 0 spiro atoms. The summed E-state index contributed by atoms with van der Waals surface area (Å²) in [5.41, 5.74) is 0. The first-order valence-corrected chi connectivity index (χ1v) is 4.22. The first kappa shape index (κ1) is 12.7. The van der Waals surface area contributed by atoms with Crippen LogP contribution in [0, 0.1) is 5.92 Å². The van der Waals surface area contributed by atoms with Gasteiger partial charge in [0.2, 0.25) is 0 Å². The molecule has 0 rings (SSSR count). The molecule has 5 heteroatoms. The highest BCUT2D eigenvalue weighted by Crippen LogP contribution is 2.38. The standard InChI is InChI=1S/C8H15F3O2/c1-4-6(3)7(12,13-5-2)8(9,10)11/h6,12H,4-5H2,1-3H3. The van der Waals surface area contributed by atoms with Gasteiger partial charge in [0, 0.05) is 12.5 Å². The molecule has 80 valence electrons. The van der Waals surface area contributed by atoms with Crippen molar-refractivity contribution in [2.45, 2.75) is 39.2 Å². The van der Waals surface area contributed by atoms with E-state index in [9.17, 15) is 18.3 Å². The van der Waals surface area contributed by atoms with Gasteiger partial charge in [0.05, 0.1) is 0 Å². The van der Waals surface area contributed by atoms with E-state index < -0.39 is 17.9 Å². The molecule has 2 nitrogen and oxygen atoms in total. The minimum atomic E-state index is -4.74. The highest BCUT2D eigenvalue weighted by molar-refractivity contribution is 4.81. The molecule has 2 atom stereocenters. The zero-order valence-corrected chi connectivity index (χ0v) is 7.98. The number of rotatable bonds is 4. The van der Waals surface area contributed by atoms with Crippen molar-refractivity contribution in [3.63, 3.8) is 0 Å². The molecular formula is C8H15F3O2. The van der Waals surface area contributed by atoms with Gasteiger partial charge in [-0.25, -0.2) is 0 Å². The molecule has 0 aromatic rings. The fourth-order valence-electron chi connectivity index (χ4n) is 1.00. The second-order valence-electron chi connectivity index (χ2n) is 2.94. The van der Waals surface area contributed by atoms with E-state index >= 15 is 0 Å². The maximum atomic E-state index is 12.4. The maximum Gasteiger partial charge on any atom is 0.443 e. The van der Waals surface area contributed by atoms with Gasteiger partial charge in [-0.1, -0.05) is 13.8 Å². The second kappa shape index (κ2) is 4.28. The number of hydrogen-bond donors (Lipinski definition) is 1. The van der Waals surface area contributed by atoms with Gasteiger partial charge in [0.15, 0.2) is 0 Å². The zero-order chi connectivity index (χ0) is 10.7. The Bertz CT molecular complexity index is 158. The minimum Gasteiger partial charge on any atom is -0.358 e.